The molecule has 1 atom stereocenters. The number of nitrogens with one attached hydrogen (secondary N) is 1. The highest BCUT2D eigenvalue weighted by atomic mass is 32.1. The second-order valence-corrected chi connectivity index (χ2v) is 6.49. The lowest BCUT2D eigenvalue weighted by Gasteiger charge is -2.23. The summed E-state index contributed by atoms with van der Waals surface area (Å²) in [6.07, 6.45) is 2.41. The highest BCUT2D eigenvalue weighted by Crippen LogP contribution is 2.26. The van der Waals surface area contributed by atoms with Gasteiger partial charge in [-0.1, -0.05) is 19.9 Å². The van der Waals surface area contributed by atoms with Crippen molar-refractivity contribution in [2.45, 2.75) is 46.1 Å². The van der Waals surface area contributed by atoms with Gasteiger partial charge in [-0.15, -0.1) is 11.3 Å². The molecule has 102 valence electrons. The molecule has 0 spiro atoms. The standard InChI is InChI=1S/C14H24N2OS/c1-11(12-5-4-10-18-12)16-13(17)6-7-14(2,3)8-9-15/h4-5,10-11H,6-9,15H2,1-3H3,(H,16,17)/t11-/m1/s1. The minimum Gasteiger partial charge on any atom is -0.349 e. The molecular formula is C14H24N2OS. The average molecular weight is 268 g/mol. The molecule has 0 bridgehead atoms. The fourth-order valence-electron chi connectivity index (χ4n) is 1.89. The summed E-state index contributed by atoms with van der Waals surface area (Å²) < 4.78 is 0. The fraction of sp³-hybridized carbons (Fsp3) is 0.643. The summed E-state index contributed by atoms with van der Waals surface area (Å²) >= 11 is 1.67. The quantitative estimate of drug-likeness (QED) is 0.798. The Labute approximate surface area is 114 Å². The summed E-state index contributed by atoms with van der Waals surface area (Å²) in [4.78, 5) is 13.1. The van der Waals surface area contributed by atoms with Crippen molar-refractivity contribution in [3.8, 4) is 0 Å². The molecule has 1 heterocycles. The third kappa shape index (κ3) is 5.19. The molecule has 18 heavy (non-hydrogen) atoms. The van der Waals surface area contributed by atoms with Crippen LogP contribution in [0, 0.1) is 5.41 Å². The number of carbonyl (C=O) groups excluding carboxylic acids is 1. The van der Waals surface area contributed by atoms with Gasteiger partial charge in [-0.05, 0) is 43.2 Å². The first-order valence-corrected chi connectivity index (χ1v) is 7.35. The Morgan fingerprint density at radius 3 is 2.78 bits per heavy atom. The van der Waals surface area contributed by atoms with E-state index in [4.69, 9.17) is 5.73 Å². The Bertz CT molecular complexity index is 360. The first-order valence-electron chi connectivity index (χ1n) is 6.47. The van der Waals surface area contributed by atoms with Crippen molar-refractivity contribution in [3.63, 3.8) is 0 Å². The van der Waals surface area contributed by atoms with Crippen molar-refractivity contribution in [3.05, 3.63) is 22.4 Å². The smallest absolute Gasteiger partial charge is 0.220 e. The molecule has 0 aromatic carbocycles. The number of carbonyl (C=O) groups is 1. The van der Waals surface area contributed by atoms with Gasteiger partial charge in [0.2, 0.25) is 5.91 Å². The molecule has 0 saturated heterocycles. The maximum atomic E-state index is 11.9. The van der Waals surface area contributed by atoms with E-state index in [-0.39, 0.29) is 17.4 Å². The third-order valence-electron chi connectivity index (χ3n) is 3.20. The minimum atomic E-state index is 0.107. The van der Waals surface area contributed by atoms with Crippen molar-refractivity contribution in [1.29, 1.82) is 0 Å². The van der Waals surface area contributed by atoms with Crippen LogP contribution in [0.1, 0.15) is 51.0 Å². The van der Waals surface area contributed by atoms with Crippen LogP contribution in [0.5, 0.6) is 0 Å². The normalized spacial score (nSPS) is 13.3. The summed E-state index contributed by atoms with van der Waals surface area (Å²) in [5, 5.41) is 5.07. The van der Waals surface area contributed by atoms with Crippen LogP contribution in [-0.4, -0.2) is 12.5 Å². The summed E-state index contributed by atoms with van der Waals surface area (Å²) in [5.74, 6) is 0.126. The van der Waals surface area contributed by atoms with Crippen molar-refractivity contribution in [2.24, 2.45) is 11.1 Å². The number of rotatable bonds is 7. The van der Waals surface area contributed by atoms with Crippen molar-refractivity contribution < 1.29 is 4.79 Å². The maximum Gasteiger partial charge on any atom is 0.220 e. The Hall–Kier alpha value is -0.870. The van der Waals surface area contributed by atoms with Crippen LogP contribution in [0.3, 0.4) is 0 Å². The SMILES string of the molecule is C[C@@H](NC(=O)CCC(C)(C)CCN)c1cccs1. The van der Waals surface area contributed by atoms with E-state index in [1.165, 1.54) is 4.88 Å². The molecule has 0 unspecified atom stereocenters. The van der Waals surface area contributed by atoms with Gasteiger partial charge in [0, 0.05) is 11.3 Å². The molecule has 0 aliphatic carbocycles. The fourth-order valence-corrected chi connectivity index (χ4v) is 2.62. The minimum absolute atomic E-state index is 0.107. The van der Waals surface area contributed by atoms with E-state index in [1.807, 2.05) is 24.4 Å². The maximum absolute atomic E-state index is 11.9. The Morgan fingerprint density at radius 2 is 2.22 bits per heavy atom. The zero-order valence-corrected chi connectivity index (χ0v) is 12.3. The number of hydrogen-bond acceptors (Lipinski definition) is 3. The predicted octanol–water partition coefficient (Wildman–Crippen LogP) is 3.08. The Balaban J connectivity index is 2.34. The molecule has 4 heteroatoms. The van der Waals surface area contributed by atoms with Gasteiger partial charge in [0.05, 0.1) is 6.04 Å². The highest BCUT2D eigenvalue weighted by molar-refractivity contribution is 7.10. The van der Waals surface area contributed by atoms with Crippen LogP contribution in [0.15, 0.2) is 17.5 Å². The first-order chi connectivity index (χ1) is 8.44. The predicted molar refractivity (Wildman–Crippen MR) is 77.6 cm³/mol. The van der Waals surface area contributed by atoms with Gasteiger partial charge >= 0.3 is 0 Å². The zero-order valence-electron chi connectivity index (χ0n) is 11.5. The van der Waals surface area contributed by atoms with Crippen LogP contribution >= 0.6 is 11.3 Å². The first kappa shape index (κ1) is 15.2. The van der Waals surface area contributed by atoms with E-state index >= 15 is 0 Å². The van der Waals surface area contributed by atoms with E-state index in [0.29, 0.717) is 13.0 Å². The molecule has 0 fully saturated rings. The van der Waals surface area contributed by atoms with Crippen molar-refractivity contribution in [2.75, 3.05) is 6.54 Å². The number of thiophene rings is 1. The van der Waals surface area contributed by atoms with Crippen LogP contribution in [0.4, 0.5) is 0 Å². The largest absolute Gasteiger partial charge is 0.349 e. The lowest BCUT2D eigenvalue weighted by molar-refractivity contribution is -0.122. The van der Waals surface area contributed by atoms with Gasteiger partial charge in [-0.25, -0.2) is 0 Å². The number of amides is 1. The lowest BCUT2D eigenvalue weighted by atomic mass is 9.84. The molecule has 1 rings (SSSR count). The van der Waals surface area contributed by atoms with Crippen molar-refractivity contribution in [1.82, 2.24) is 5.32 Å². The Kier molecular flexibility index (Phi) is 5.82. The third-order valence-corrected chi connectivity index (χ3v) is 4.25. The van der Waals surface area contributed by atoms with E-state index in [9.17, 15) is 4.79 Å². The molecule has 0 aliphatic heterocycles. The Morgan fingerprint density at radius 1 is 1.50 bits per heavy atom. The molecule has 0 saturated carbocycles. The highest BCUT2D eigenvalue weighted by Gasteiger charge is 2.19. The van der Waals surface area contributed by atoms with Crippen LogP contribution in [-0.2, 0) is 4.79 Å². The van der Waals surface area contributed by atoms with Gasteiger partial charge < -0.3 is 11.1 Å². The molecule has 3 N–H and O–H groups in total. The number of hydrogen-bond donors (Lipinski definition) is 2. The molecular weight excluding hydrogens is 244 g/mol. The zero-order chi connectivity index (χ0) is 13.6. The van der Waals surface area contributed by atoms with Gasteiger partial charge in [0.1, 0.15) is 0 Å². The topological polar surface area (TPSA) is 55.1 Å². The monoisotopic (exact) mass is 268 g/mol. The van der Waals surface area contributed by atoms with Gasteiger partial charge in [0.15, 0.2) is 0 Å². The molecule has 1 amide bonds. The second-order valence-electron chi connectivity index (χ2n) is 5.51. The molecule has 3 nitrogen and oxygen atoms in total. The van der Waals surface area contributed by atoms with Crippen LogP contribution in [0.2, 0.25) is 0 Å². The second kappa shape index (κ2) is 6.90. The lowest BCUT2D eigenvalue weighted by Crippen LogP contribution is -2.28. The summed E-state index contributed by atoms with van der Waals surface area (Å²) in [6.45, 7) is 7.03. The van der Waals surface area contributed by atoms with E-state index in [1.54, 1.807) is 11.3 Å². The van der Waals surface area contributed by atoms with Gasteiger partial charge in [0.25, 0.3) is 0 Å². The van der Waals surface area contributed by atoms with Crippen LogP contribution < -0.4 is 11.1 Å². The number of nitrogens with two attached hydrogens (primary N) is 1. The molecule has 1 aromatic rings. The van der Waals surface area contributed by atoms with Gasteiger partial charge in [-0.2, -0.15) is 0 Å². The summed E-state index contributed by atoms with van der Waals surface area (Å²) in [7, 11) is 0. The molecule has 0 radical (unpaired) electrons. The molecule has 0 aliphatic rings. The van der Waals surface area contributed by atoms with Crippen molar-refractivity contribution >= 4 is 17.2 Å². The van der Waals surface area contributed by atoms with Gasteiger partial charge in [-0.3, -0.25) is 4.79 Å². The van der Waals surface area contributed by atoms with E-state index in [0.717, 1.165) is 12.8 Å². The van der Waals surface area contributed by atoms with E-state index < -0.39 is 0 Å². The molecule has 1 aromatic heterocycles. The van der Waals surface area contributed by atoms with E-state index in [2.05, 4.69) is 19.2 Å². The summed E-state index contributed by atoms with van der Waals surface area (Å²) in [5.41, 5.74) is 5.72. The average Bonchev–Trinajstić information content (AvgIpc) is 2.80. The van der Waals surface area contributed by atoms with Crippen LogP contribution in [0.25, 0.3) is 0 Å². The summed E-state index contributed by atoms with van der Waals surface area (Å²) in [6, 6.07) is 4.16.